The van der Waals surface area contributed by atoms with Gasteiger partial charge in [0.2, 0.25) is 0 Å². The van der Waals surface area contributed by atoms with Crippen LogP contribution in [0.15, 0.2) is 65.6 Å². The summed E-state index contributed by atoms with van der Waals surface area (Å²) in [5.41, 5.74) is 3.91. The second-order valence-electron chi connectivity index (χ2n) is 7.02. The Labute approximate surface area is 173 Å². The van der Waals surface area contributed by atoms with Gasteiger partial charge in [-0.2, -0.15) is 0 Å². The zero-order valence-electron chi connectivity index (χ0n) is 16.3. The lowest BCUT2D eigenvalue weighted by atomic mass is 10.0. The molecular weight excluding hydrogens is 382 g/mol. The average molecular weight is 404 g/mol. The third-order valence-corrected chi connectivity index (χ3v) is 6.24. The molecule has 146 valence electrons. The van der Waals surface area contributed by atoms with Crippen molar-refractivity contribution in [3.63, 3.8) is 0 Å². The summed E-state index contributed by atoms with van der Waals surface area (Å²) in [4.78, 5) is 28.5. The summed E-state index contributed by atoms with van der Waals surface area (Å²) < 4.78 is 0. The van der Waals surface area contributed by atoms with E-state index >= 15 is 0 Å². The van der Waals surface area contributed by atoms with Gasteiger partial charge in [-0.15, -0.1) is 11.8 Å². The first kappa shape index (κ1) is 19.4. The topological polar surface area (TPSA) is 57.6 Å². The molecule has 3 aromatic carbocycles. The normalized spacial score (nSPS) is 14.4. The molecule has 29 heavy (non-hydrogen) atoms. The molecule has 0 unspecified atom stereocenters. The highest BCUT2D eigenvalue weighted by molar-refractivity contribution is 8.04. The summed E-state index contributed by atoms with van der Waals surface area (Å²) in [7, 11) is 0. The Kier molecular flexibility index (Phi) is 5.26. The minimum absolute atomic E-state index is 0.0654. The number of carbonyl (C=O) groups is 2. The molecule has 1 aliphatic rings. The molecule has 0 atom stereocenters. The van der Waals surface area contributed by atoms with Gasteiger partial charge in [0.1, 0.15) is 0 Å². The quantitative estimate of drug-likeness (QED) is 0.639. The Bertz CT molecular complexity index is 1160. The van der Waals surface area contributed by atoms with Gasteiger partial charge in [0.05, 0.1) is 22.8 Å². The Morgan fingerprint density at radius 2 is 1.66 bits per heavy atom. The molecule has 4 rings (SSSR count). The number of benzene rings is 3. The number of rotatable bonds is 5. The molecule has 5 heteroatoms. The first-order valence-corrected chi connectivity index (χ1v) is 10.4. The first-order valence-electron chi connectivity index (χ1n) is 9.45. The van der Waals surface area contributed by atoms with Gasteiger partial charge < -0.3 is 5.11 Å². The number of imide groups is 1. The standard InChI is InChI=1S/C24H21NO3S/c1-15-10-11-18(14-16(15)2)21-22(29-13-12-26)24(28)25(23(21)27)20-9-5-7-17-6-3-4-8-19(17)20/h3-11,14,26H,12-13H2,1-2H3. The fourth-order valence-electron chi connectivity index (χ4n) is 3.56. The van der Waals surface area contributed by atoms with E-state index in [9.17, 15) is 14.7 Å². The van der Waals surface area contributed by atoms with Gasteiger partial charge in [-0.1, -0.05) is 54.6 Å². The Morgan fingerprint density at radius 1 is 0.897 bits per heavy atom. The molecule has 4 nitrogen and oxygen atoms in total. The molecule has 0 aliphatic carbocycles. The smallest absolute Gasteiger partial charge is 0.272 e. The third-order valence-electron chi connectivity index (χ3n) is 5.18. The van der Waals surface area contributed by atoms with E-state index in [1.807, 2.05) is 68.4 Å². The maximum Gasteiger partial charge on any atom is 0.272 e. The molecule has 0 bridgehead atoms. The van der Waals surface area contributed by atoms with Gasteiger partial charge in [0.15, 0.2) is 0 Å². The highest BCUT2D eigenvalue weighted by atomic mass is 32.2. The van der Waals surface area contributed by atoms with Gasteiger partial charge in [-0.3, -0.25) is 9.59 Å². The van der Waals surface area contributed by atoms with Crippen LogP contribution in [0, 0.1) is 13.8 Å². The molecule has 0 radical (unpaired) electrons. The van der Waals surface area contributed by atoms with Crippen molar-refractivity contribution in [1.29, 1.82) is 0 Å². The van der Waals surface area contributed by atoms with Crippen molar-refractivity contribution in [2.75, 3.05) is 17.3 Å². The zero-order valence-corrected chi connectivity index (χ0v) is 17.1. The van der Waals surface area contributed by atoms with Crippen molar-refractivity contribution in [1.82, 2.24) is 0 Å². The predicted octanol–water partition coefficient (Wildman–Crippen LogP) is 4.47. The SMILES string of the molecule is Cc1ccc(C2=C(SCCO)C(=O)N(c3cccc4ccccc34)C2=O)cc1C. The zero-order chi connectivity index (χ0) is 20.5. The number of aliphatic hydroxyl groups excluding tert-OH is 1. The Morgan fingerprint density at radius 3 is 2.41 bits per heavy atom. The van der Waals surface area contributed by atoms with Crippen molar-refractivity contribution in [3.8, 4) is 0 Å². The Hall–Kier alpha value is -2.89. The van der Waals surface area contributed by atoms with Gasteiger partial charge in [0, 0.05) is 11.1 Å². The van der Waals surface area contributed by atoms with Crippen LogP contribution in [0.25, 0.3) is 16.3 Å². The van der Waals surface area contributed by atoms with E-state index in [2.05, 4.69) is 0 Å². The van der Waals surface area contributed by atoms with Crippen LogP contribution in [0.3, 0.4) is 0 Å². The van der Waals surface area contributed by atoms with Crippen molar-refractivity contribution in [2.24, 2.45) is 0 Å². The molecule has 0 saturated carbocycles. The molecule has 0 spiro atoms. The Balaban J connectivity index is 1.87. The molecule has 3 aromatic rings. The van der Waals surface area contributed by atoms with Gasteiger partial charge in [-0.05, 0) is 42.0 Å². The fourth-order valence-corrected chi connectivity index (χ4v) is 4.42. The number of fused-ring (bicyclic) bond motifs is 1. The summed E-state index contributed by atoms with van der Waals surface area (Å²) in [5.74, 6) is -0.306. The van der Waals surface area contributed by atoms with Crippen molar-refractivity contribution in [3.05, 3.63) is 82.3 Å². The minimum Gasteiger partial charge on any atom is -0.396 e. The third kappa shape index (κ3) is 3.37. The monoisotopic (exact) mass is 403 g/mol. The summed E-state index contributed by atoms with van der Waals surface area (Å²) in [6, 6.07) is 19.1. The van der Waals surface area contributed by atoms with Crippen molar-refractivity contribution in [2.45, 2.75) is 13.8 Å². The highest BCUT2D eigenvalue weighted by Crippen LogP contribution is 2.40. The lowest BCUT2D eigenvalue weighted by molar-refractivity contribution is -0.119. The number of anilines is 1. The highest BCUT2D eigenvalue weighted by Gasteiger charge is 2.40. The number of amides is 2. The van der Waals surface area contributed by atoms with Crippen LogP contribution in [0.1, 0.15) is 16.7 Å². The molecule has 1 heterocycles. The number of aliphatic hydroxyl groups is 1. The molecular formula is C24H21NO3S. The summed E-state index contributed by atoms with van der Waals surface area (Å²) in [6.07, 6.45) is 0. The lowest BCUT2D eigenvalue weighted by Gasteiger charge is -2.17. The van der Waals surface area contributed by atoms with Crippen LogP contribution >= 0.6 is 11.8 Å². The van der Waals surface area contributed by atoms with Gasteiger partial charge in [0.25, 0.3) is 11.8 Å². The maximum atomic E-state index is 13.5. The minimum atomic E-state index is -0.335. The van der Waals surface area contributed by atoms with Crippen molar-refractivity contribution >= 4 is 45.6 Å². The van der Waals surface area contributed by atoms with Crippen LogP contribution in [0.5, 0.6) is 0 Å². The largest absolute Gasteiger partial charge is 0.396 e. The van der Waals surface area contributed by atoms with E-state index in [1.54, 1.807) is 6.07 Å². The summed E-state index contributed by atoms with van der Waals surface area (Å²) in [6.45, 7) is 3.94. The second-order valence-corrected chi connectivity index (χ2v) is 8.12. The number of thioether (sulfide) groups is 1. The fraction of sp³-hybridized carbons (Fsp3) is 0.167. The number of aryl methyl sites for hydroxylation is 2. The van der Waals surface area contributed by atoms with E-state index in [0.717, 1.165) is 27.5 Å². The summed E-state index contributed by atoms with van der Waals surface area (Å²) in [5, 5.41) is 11.1. The summed E-state index contributed by atoms with van der Waals surface area (Å²) >= 11 is 1.23. The molecule has 1 aliphatic heterocycles. The van der Waals surface area contributed by atoms with Gasteiger partial charge >= 0.3 is 0 Å². The van der Waals surface area contributed by atoms with Crippen LogP contribution in [-0.2, 0) is 9.59 Å². The van der Waals surface area contributed by atoms with Crippen LogP contribution in [0.2, 0.25) is 0 Å². The van der Waals surface area contributed by atoms with Gasteiger partial charge in [-0.25, -0.2) is 4.90 Å². The number of carbonyl (C=O) groups excluding carboxylic acids is 2. The lowest BCUT2D eigenvalue weighted by Crippen LogP contribution is -2.31. The maximum absolute atomic E-state index is 13.5. The molecule has 0 aromatic heterocycles. The van der Waals surface area contributed by atoms with Crippen LogP contribution < -0.4 is 4.90 Å². The molecule has 1 N–H and O–H groups in total. The first-order chi connectivity index (χ1) is 14.0. The van der Waals surface area contributed by atoms with Crippen molar-refractivity contribution < 1.29 is 14.7 Å². The van der Waals surface area contributed by atoms with E-state index < -0.39 is 0 Å². The van der Waals surface area contributed by atoms with Crippen LogP contribution in [0.4, 0.5) is 5.69 Å². The van der Waals surface area contributed by atoms with E-state index in [4.69, 9.17) is 0 Å². The predicted molar refractivity (Wildman–Crippen MR) is 119 cm³/mol. The number of nitrogens with zero attached hydrogens (tertiary/aromatic N) is 1. The second kappa shape index (κ2) is 7.85. The average Bonchev–Trinajstić information content (AvgIpc) is 2.97. The molecule has 0 saturated heterocycles. The van der Waals surface area contributed by atoms with E-state index in [-0.39, 0.29) is 18.4 Å². The molecule has 0 fully saturated rings. The number of hydrogen-bond acceptors (Lipinski definition) is 4. The van der Waals surface area contributed by atoms with E-state index in [0.29, 0.717) is 21.9 Å². The van der Waals surface area contributed by atoms with E-state index in [1.165, 1.54) is 16.7 Å². The molecule has 2 amide bonds. The number of hydrogen-bond donors (Lipinski definition) is 1. The van der Waals surface area contributed by atoms with Crippen LogP contribution in [-0.4, -0.2) is 29.3 Å².